The summed E-state index contributed by atoms with van der Waals surface area (Å²) in [6.45, 7) is 3.62. The van der Waals surface area contributed by atoms with Crippen molar-refractivity contribution in [3.8, 4) is 5.88 Å². The molecule has 2 N–H and O–H groups in total. The molecule has 2 aromatic heterocycles. The molecule has 2 amide bonds. The van der Waals surface area contributed by atoms with Gasteiger partial charge in [-0.1, -0.05) is 19.9 Å². The first-order valence-electron chi connectivity index (χ1n) is 9.32. The number of aromatic nitrogens is 2. The summed E-state index contributed by atoms with van der Waals surface area (Å²) in [5.74, 6) is -5.21. The third kappa shape index (κ3) is 6.90. The number of nitrogens with one attached hydrogen (secondary N) is 2. The fourth-order valence-electron chi connectivity index (χ4n) is 2.24. The van der Waals surface area contributed by atoms with Crippen molar-refractivity contribution < 1.29 is 31.9 Å². The van der Waals surface area contributed by atoms with Crippen LogP contribution in [-0.2, 0) is 4.79 Å². The van der Waals surface area contributed by atoms with Crippen molar-refractivity contribution in [1.82, 2.24) is 15.3 Å². The summed E-state index contributed by atoms with van der Waals surface area (Å²) in [7, 11) is 0. The maximum absolute atomic E-state index is 12.9. The average molecular weight is 442 g/mol. The van der Waals surface area contributed by atoms with Crippen LogP contribution in [0.3, 0.4) is 0 Å². The van der Waals surface area contributed by atoms with Crippen LogP contribution < -0.4 is 15.4 Å². The Balaban J connectivity index is 1.98. The maximum Gasteiger partial charge on any atom is 0.340 e. The van der Waals surface area contributed by atoms with E-state index >= 15 is 0 Å². The lowest BCUT2D eigenvalue weighted by atomic mass is 10.1. The highest BCUT2D eigenvalue weighted by Gasteiger charge is 2.41. The lowest BCUT2D eigenvalue weighted by Gasteiger charge is -2.17. The van der Waals surface area contributed by atoms with Gasteiger partial charge >= 0.3 is 12.3 Å². The number of carbonyl (C=O) groups excluding carboxylic acids is 2. The van der Waals surface area contributed by atoms with Crippen LogP contribution >= 0.6 is 0 Å². The summed E-state index contributed by atoms with van der Waals surface area (Å²) in [4.78, 5) is 32.1. The van der Waals surface area contributed by atoms with Crippen molar-refractivity contribution in [2.45, 2.75) is 39.2 Å². The van der Waals surface area contributed by atoms with Crippen LogP contribution in [0, 0.1) is 5.92 Å². The van der Waals surface area contributed by atoms with Crippen molar-refractivity contribution in [2.75, 3.05) is 11.9 Å². The predicted octanol–water partition coefficient (Wildman–Crippen LogP) is 3.84. The van der Waals surface area contributed by atoms with Gasteiger partial charge in [-0.25, -0.2) is 18.7 Å². The maximum atomic E-state index is 12.9. The zero-order valence-corrected chi connectivity index (χ0v) is 17.0. The zero-order valence-electron chi connectivity index (χ0n) is 17.0. The highest BCUT2D eigenvalue weighted by molar-refractivity contribution is 5.97. The molecule has 31 heavy (non-hydrogen) atoms. The molecule has 2 aromatic rings. The Morgan fingerprint density at radius 1 is 1.13 bits per heavy atom. The molecule has 0 fully saturated rings. The van der Waals surface area contributed by atoms with Gasteiger partial charge in [0, 0.05) is 29.9 Å². The lowest BCUT2D eigenvalue weighted by molar-refractivity contribution is -0.148. The number of amides is 2. The minimum Gasteiger partial charge on any atom is -0.471 e. The van der Waals surface area contributed by atoms with E-state index in [9.17, 15) is 27.2 Å². The highest BCUT2D eigenvalue weighted by Crippen LogP contribution is 2.24. The molecule has 7 nitrogen and oxygen atoms in total. The fraction of sp³-hybridized carbons (Fsp3) is 0.400. The van der Waals surface area contributed by atoms with Gasteiger partial charge in [-0.15, -0.1) is 0 Å². The molecule has 0 saturated carbocycles. The summed E-state index contributed by atoms with van der Waals surface area (Å²) < 4.78 is 54.7. The van der Waals surface area contributed by atoms with Gasteiger partial charge in [0.15, 0.2) is 6.61 Å². The fourth-order valence-corrected chi connectivity index (χ4v) is 2.24. The van der Waals surface area contributed by atoms with Gasteiger partial charge in [0.05, 0.1) is 6.04 Å². The van der Waals surface area contributed by atoms with Crippen LogP contribution in [0.2, 0.25) is 0 Å². The Morgan fingerprint density at radius 3 is 2.42 bits per heavy atom. The summed E-state index contributed by atoms with van der Waals surface area (Å²) in [5.41, 5.74) is 0.798. The first-order chi connectivity index (χ1) is 14.5. The Morgan fingerprint density at radius 2 is 1.84 bits per heavy atom. The number of alkyl halides is 4. The summed E-state index contributed by atoms with van der Waals surface area (Å²) in [5, 5.41) is 5.33. The first kappa shape index (κ1) is 24.0. The standard InChI is InChI=1S/C20H22F4N4O3/c1-11(2)17(29)28-15-8-13(6-7-25-15)18(30)27-12(3)14-4-5-16(26-9-14)31-10-20(23,24)19(21)22/h4-9,11-12,19H,10H2,1-3H3,(H,27,30)(H,25,28,29). The average Bonchev–Trinajstić information content (AvgIpc) is 2.72. The van der Waals surface area contributed by atoms with E-state index in [0.717, 1.165) is 0 Å². The van der Waals surface area contributed by atoms with Gasteiger partial charge in [0.25, 0.3) is 5.91 Å². The SMILES string of the molecule is CC(C)C(=O)Nc1cc(C(=O)NC(C)c2ccc(OCC(F)(F)C(F)F)nc2)ccn1. The van der Waals surface area contributed by atoms with Gasteiger partial charge in [-0.05, 0) is 24.6 Å². The molecule has 0 saturated heterocycles. The molecule has 1 atom stereocenters. The molecule has 0 aliphatic rings. The number of halogens is 4. The van der Waals surface area contributed by atoms with Crippen molar-refractivity contribution in [1.29, 1.82) is 0 Å². The molecule has 0 aliphatic heterocycles. The number of carbonyl (C=O) groups is 2. The lowest BCUT2D eigenvalue weighted by Crippen LogP contribution is -2.33. The van der Waals surface area contributed by atoms with Crippen molar-refractivity contribution in [3.63, 3.8) is 0 Å². The van der Waals surface area contributed by atoms with Gasteiger partial charge in [-0.2, -0.15) is 8.78 Å². The van der Waals surface area contributed by atoms with E-state index in [1.807, 2.05) is 0 Å². The van der Waals surface area contributed by atoms with E-state index in [-0.39, 0.29) is 29.1 Å². The van der Waals surface area contributed by atoms with E-state index in [2.05, 4.69) is 25.3 Å². The Labute approximate surface area is 176 Å². The predicted molar refractivity (Wildman–Crippen MR) is 104 cm³/mol. The minimum absolute atomic E-state index is 0.238. The van der Waals surface area contributed by atoms with Crippen LogP contribution in [0.15, 0.2) is 36.7 Å². The number of rotatable bonds is 9. The first-order valence-corrected chi connectivity index (χ1v) is 9.32. The molecule has 0 aliphatic carbocycles. The molecular weight excluding hydrogens is 420 g/mol. The molecule has 168 valence electrons. The number of hydrogen-bond acceptors (Lipinski definition) is 5. The molecule has 2 heterocycles. The third-order valence-electron chi connectivity index (χ3n) is 4.14. The Kier molecular flexibility index (Phi) is 7.89. The summed E-state index contributed by atoms with van der Waals surface area (Å²) in [6.07, 6.45) is -1.17. The molecule has 1 unspecified atom stereocenters. The molecule has 2 rings (SSSR count). The third-order valence-corrected chi connectivity index (χ3v) is 4.14. The number of ether oxygens (including phenoxy) is 1. The Hall–Kier alpha value is -3.24. The van der Waals surface area contributed by atoms with Crippen molar-refractivity contribution >= 4 is 17.6 Å². The van der Waals surface area contributed by atoms with Crippen molar-refractivity contribution in [2.24, 2.45) is 5.92 Å². The Bertz CT molecular complexity index is 908. The van der Waals surface area contributed by atoms with Crippen LogP contribution in [0.25, 0.3) is 0 Å². The van der Waals surface area contributed by atoms with E-state index < -0.39 is 30.9 Å². The number of hydrogen-bond donors (Lipinski definition) is 2. The van der Waals surface area contributed by atoms with E-state index in [0.29, 0.717) is 5.56 Å². The van der Waals surface area contributed by atoms with Crippen LogP contribution in [0.5, 0.6) is 5.88 Å². The van der Waals surface area contributed by atoms with Gasteiger partial charge in [0.2, 0.25) is 11.8 Å². The molecule has 0 radical (unpaired) electrons. The van der Waals surface area contributed by atoms with Gasteiger partial charge in [-0.3, -0.25) is 9.59 Å². The second-order valence-electron chi connectivity index (χ2n) is 7.05. The smallest absolute Gasteiger partial charge is 0.340 e. The van der Waals surface area contributed by atoms with E-state index in [4.69, 9.17) is 0 Å². The highest BCUT2D eigenvalue weighted by atomic mass is 19.3. The molecule has 0 aromatic carbocycles. The molecule has 11 heteroatoms. The summed E-state index contributed by atoms with van der Waals surface area (Å²) in [6, 6.07) is 5.10. The topological polar surface area (TPSA) is 93.2 Å². The number of anilines is 1. The van der Waals surface area contributed by atoms with E-state index in [1.165, 1.54) is 36.7 Å². The molecular formula is C20H22F4N4O3. The van der Waals surface area contributed by atoms with Crippen LogP contribution in [0.4, 0.5) is 23.4 Å². The normalized spacial score (nSPS) is 12.5. The largest absolute Gasteiger partial charge is 0.471 e. The van der Waals surface area contributed by atoms with Crippen molar-refractivity contribution in [3.05, 3.63) is 47.8 Å². The number of nitrogens with zero attached hydrogens (tertiary/aromatic N) is 2. The summed E-state index contributed by atoms with van der Waals surface area (Å²) >= 11 is 0. The van der Waals surface area contributed by atoms with Gasteiger partial charge in [0.1, 0.15) is 5.82 Å². The van der Waals surface area contributed by atoms with Crippen LogP contribution in [0.1, 0.15) is 42.7 Å². The van der Waals surface area contributed by atoms with Crippen LogP contribution in [-0.4, -0.2) is 40.7 Å². The zero-order chi connectivity index (χ0) is 23.2. The number of pyridine rings is 2. The molecule has 0 spiro atoms. The monoisotopic (exact) mass is 442 g/mol. The van der Waals surface area contributed by atoms with Gasteiger partial charge < -0.3 is 15.4 Å². The minimum atomic E-state index is -4.28. The second kappa shape index (κ2) is 10.2. The quantitative estimate of drug-likeness (QED) is 0.576. The second-order valence-corrected chi connectivity index (χ2v) is 7.05. The van der Waals surface area contributed by atoms with E-state index in [1.54, 1.807) is 20.8 Å². The molecule has 0 bridgehead atoms.